The van der Waals surface area contributed by atoms with E-state index >= 15 is 4.39 Å². The fraction of sp³-hybridized carbons (Fsp3) is 0. The number of allylic oxidation sites excluding steroid dienone is 2. The molecule has 41 heavy (non-hydrogen) atoms. The van der Waals surface area contributed by atoms with Crippen LogP contribution in [0.25, 0.3) is 58.5 Å². The van der Waals surface area contributed by atoms with E-state index in [0.29, 0.717) is 11.1 Å². The van der Waals surface area contributed by atoms with Crippen LogP contribution < -0.4 is 0 Å². The van der Waals surface area contributed by atoms with Crippen LogP contribution in [0.1, 0.15) is 10.4 Å². The van der Waals surface area contributed by atoms with Crippen LogP contribution in [-0.2, 0) is 0 Å². The second kappa shape index (κ2) is 10.7. The third kappa shape index (κ3) is 4.72. The third-order valence-corrected chi connectivity index (χ3v) is 10.0. The van der Waals surface area contributed by atoms with Crippen molar-refractivity contribution in [1.29, 1.82) is 21.0 Å². The van der Waals surface area contributed by atoms with Crippen molar-refractivity contribution < 1.29 is 4.39 Å². The number of benzene rings is 2. The molecule has 0 unspecified atom stereocenters. The van der Waals surface area contributed by atoms with Gasteiger partial charge in [-0.15, -0.1) is 34.0 Å². The average Bonchev–Trinajstić information content (AvgIpc) is 3.77. The van der Waals surface area contributed by atoms with E-state index in [2.05, 4.69) is 10.6 Å². The fourth-order valence-corrected chi connectivity index (χ4v) is 8.02. The standard InChI is InChI=1S/C32H14FN5S3/c33-25-12-19(10-20(15-34)16-35)6-8-24(25)29-13-26-31(40-29)32-27(38(26)22-4-2-1-3-5-22)14-30(41-32)28-9-7-23(39-28)11-21(17-36)18-37/h1-14H. The number of hydrogen-bond donors (Lipinski definition) is 0. The minimum absolute atomic E-state index is 0.0601. The van der Waals surface area contributed by atoms with Crippen molar-refractivity contribution in [2.45, 2.75) is 0 Å². The Morgan fingerprint density at radius 2 is 1.29 bits per heavy atom. The zero-order valence-corrected chi connectivity index (χ0v) is 23.4. The van der Waals surface area contributed by atoms with E-state index < -0.39 is 5.82 Å². The fourth-order valence-electron chi connectivity index (χ4n) is 4.53. The minimum atomic E-state index is -0.430. The molecule has 0 bridgehead atoms. The number of hydrogen-bond acceptors (Lipinski definition) is 7. The lowest BCUT2D eigenvalue weighted by atomic mass is 10.1. The van der Waals surface area contributed by atoms with E-state index in [1.807, 2.05) is 60.7 Å². The Bertz CT molecular complexity index is 2180. The Kier molecular flexibility index (Phi) is 6.78. The quantitative estimate of drug-likeness (QED) is 0.189. The van der Waals surface area contributed by atoms with Crippen LogP contribution in [0.2, 0.25) is 0 Å². The Morgan fingerprint density at radius 1 is 0.659 bits per heavy atom. The zero-order chi connectivity index (χ0) is 28.5. The average molecular weight is 584 g/mol. The monoisotopic (exact) mass is 583 g/mol. The van der Waals surface area contributed by atoms with Crippen LogP contribution >= 0.6 is 34.0 Å². The van der Waals surface area contributed by atoms with Gasteiger partial charge in [0, 0.05) is 30.8 Å². The molecule has 0 aliphatic rings. The van der Waals surface area contributed by atoms with Crippen LogP contribution in [-0.4, -0.2) is 4.57 Å². The molecule has 4 aromatic heterocycles. The van der Waals surface area contributed by atoms with E-state index in [4.69, 9.17) is 21.0 Å². The first-order valence-corrected chi connectivity index (χ1v) is 14.5. The lowest BCUT2D eigenvalue weighted by Crippen LogP contribution is -1.91. The van der Waals surface area contributed by atoms with Crippen molar-refractivity contribution in [2.24, 2.45) is 0 Å². The van der Waals surface area contributed by atoms with Gasteiger partial charge in [-0.25, -0.2) is 4.39 Å². The van der Waals surface area contributed by atoms with Crippen LogP contribution in [0.4, 0.5) is 4.39 Å². The smallest absolute Gasteiger partial charge is 0.132 e. The Balaban J connectivity index is 1.50. The third-order valence-electron chi connectivity index (χ3n) is 6.34. The number of para-hydroxylation sites is 1. The van der Waals surface area contributed by atoms with Crippen molar-refractivity contribution in [3.8, 4) is 50.2 Å². The highest BCUT2D eigenvalue weighted by atomic mass is 32.1. The summed E-state index contributed by atoms with van der Waals surface area (Å²) in [4.78, 5) is 3.69. The summed E-state index contributed by atoms with van der Waals surface area (Å²) in [6.07, 6.45) is 2.96. The number of thiophene rings is 3. The van der Waals surface area contributed by atoms with Gasteiger partial charge in [0.25, 0.3) is 0 Å². The summed E-state index contributed by atoms with van der Waals surface area (Å²) >= 11 is 4.69. The van der Waals surface area contributed by atoms with Gasteiger partial charge in [-0.1, -0.05) is 30.3 Å². The van der Waals surface area contributed by atoms with Crippen molar-refractivity contribution >= 4 is 66.6 Å². The molecule has 0 radical (unpaired) electrons. The molecule has 5 nitrogen and oxygen atoms in total. The molecule has 6 aromatic rings. The molecule has 0 fully saturated rings. The highest BCUT2D eigenvalue weighted by Crippen LogP contribution is 2.47. The molecule has 0 amide bonds. The van der Waals surface area contributed by atoms with E-state index in [1.165, 1.54) is 34.8 Å². The van der Waals surface area contributed by atoms with Gasteiger partial charge in [0.05, 0.1) is 20.4 Å². The molecule has 0 N–H and O–H groups in total. The highest BCUT2D eigenvalue weighted by molar-refractivity contribution is 7.31. The van der Waals surface area contributed by atoms with E-state index in [0.717, 1.165) is 45.6 Å². The van der Waals surface area contributed by atoms with Gasteiger partial charge < -0.3 is 4.57 Å². The SMILES string of the molecule is N#CC(C#N)=Cc1ccc(-c2cc3c(s2)c2sc(-c4ccc(C=C(C#N)C#N)s4)cc2n3-c2ccccc2)c(F)c1. The molecule has 2 aromatic carbocycles. The summed E-state index contributed by atoms with van der Waals surface area (Å²) in [5.41, 5.74) is 3.89. The largest absolute Gasteiger partial charge is 0.307 e. The van der Waals surface area contributed by atoms with Crippen LogP contribution in [0.15, 0.2) is 83.9 Å². The Morgan fingerprint density at radius 3 is 1.95 bits per heavy atom. The molecule has 0 saturated heterocycles. The van der Waals surface area contributed by atoms with E-state index in [-0.39, 0.29) is 11.1 Å². The Labute approximate surface area is 246 Å². The molecule has 4 heterocycles. The summed E-state index contributed by atoms with van der Waals surface area (Å²) in [7, 11) is 0. The molecule has 0 aliphatic heterocycles. The summed E-state index contributed by atoms with van der Waals surface area (Å²) in [5.74, 6) is -0.430. The number of nitriles is 4. The van der Waals surface area contributed by atoms with Crippen molar-refractivity contribution in [3.05, 3.63) is 100 Å². The number of nitrogens with zero attached hydrogens (tertiary/aromatic N) is 5. The lowest BCUT2D eigenvalue weighted by molar-refractivity contribution is 0.631. The van der Waals surface area contributed by atoms with Crippen molar-refractivity contribution in [1.82, 2.24) is 4.57 Å². The summed E-state index contributed by atoms with van der Waals surface area (Å²) in [6.45, 7) is 0. The maximum absolute atomic E-state index is 15.3. The highest BCUT2D eigenvalue weighted by Gasteiger charge is 2.21. The molecule has 0 spiro atoms. The maximum Gasteiger partial charge on any atom is 0.132 e. The molecule has 192 valence electrons. The zero-order valence-electron chi connectivity index (χ0n) is 20.9. The number of aromatic nitrogens is 1. The van der Waals surface area contributed by atoms with Crippen molar-refractivity contribution in [3.63, 3.8) is 0 Å². The summed E-state index contributed by atoms with van der Waals surface area (Å²) in [6, 6.07) is 30.2. The molecule has 6 rings (SSSR count). The number of fused-ring (bicyclic) bond motifs is 3. The van der Waals surface area contributed by atoms with Gasteiger partial charge in [0.1, 0.15) is 41.2 Å². The first-order chi connectivity index (χ1) is 20.0. The predicted octanol–water partition coefficient (Wildman–Crippen LogP) is 9.30. The molecule has 0 aliphatic carbocycles. The number of rotatable bonds is 5. The van der Waals surface area contributed by atoms with Gasteiger partial charge in [-0.05, 0) is 60.2 Å². The van der Waals surface area contributed by atoms with Gasteiger partial charge in [-0.3, -0.25) is 0 Å². The molecule has 0 atom stereocenters. The second-order valence-corrected chi connectivity index (χ2v) is 12.0. The summed E-state index contributed by atoms with van der Waals surface area (Å²) < 4.78 is 19.6. The van der Waals surface area contributed by atoms with E-state index in [9.17, 15) is 0 Å². The van der Waals surface area contributed by atoms with Gasteiger partial charge in [-0.2, -0.15) is 21.0 Å². The normalized spacial score (nSPS) is 10.5. The minimum Gasteiger partial charge on any atom is -0.307 e. The number of halogens is 1. The topological polar surface area (TPSA) is 100 Å². The van der Waals surface area contributed by atoms with Crippen molar-refractivity contribution in [2.75, 3.05) is 0 Å². The molecule has 0 saturated carbocycles. The van der Waals surface area contributed by atoms with Crippen LogP contribution in [0.5, 0.6) is 0 Å². The Hall–Kier alpha value is -5.29. The first-order valence-electron chi connectivity index (χ1n) is 12.1. The van der Waals surface area contributed by atoms with Crippen LogP contribution in [0.3, 0.4) is 0 Å². The molecular weight excluding hydrogens is 570 g/mol. The molecular formula is C32H14FN5S3. The second-order valence-electron chi connectivity index (χ2n) is 8.83. The maximum atomic E-state index is 15.3. The predicted molar refractivity (Wildman–Crippen MR) is 164 cm³/mol. The van der Waals surface area contributed by atoms with E-state index in [1.54, 1.807) is 41.7 Å². The summed E-state index contributed by atoms with van der Waals surface area (Å²) in [5, 5.41) is 36.3. The van der Waals surface area contributed by atoms with Gasteiger partial charge in [0.2, 0.25) is 0 Å². The lowest BCUT2D eigenvalue weighted by Gasteiger charge is -2.06. The molecule has 9 heteroatoms. The first kappa shape index (κ1) is 26.0. The van der Waals surface area contributed by atoms with Gasteiger partial charge >= 0.3 is 0 Å². The van der Waals surface area contributed by atoms with Gasteiger partial charge in [0.15, 0.2) is 0 Å². The van der Waals surface area contributed by atoms with Crippen LogP contribution in [0, 0.1) is 51.1 Å².